The highest BCUT2D eigenvalue weighted by atomic mass is 16.5. The minimum absolute atomic E-state index is 0.862. The van der Waals surface area contributed by atoms with Crippen molar-refractivity contribution in [2.75, 3.05) is 13.6 Å². The van der Waals surface area contributed by atoms with E-state index < -0.39 is 0 Å². The summed E-state index contributed by atoms with van der Waals surface area (Å²) in [5.74, 6) is 0.940. The molecule has 1 heterocycles. The van der Waals surface area contributed by atoms with Gasteiger partial charge in [-0.3, -0.25) is 0 Å². The van der Waals surface area contributed by atoms with E-state index in [1.54, 1.807) is 6.20 Å². The summed E-state index contributed by atoms with van der Waals surface area (Å²) in [5, 5.41) is 6.95. The lowest BCUT2D eigenvalue weighted by atomic mass is 10.1. The van der Waals surface area contributed by atoms with Crippen LogP contribution in [0.25, 0.3) is 11.1 Å². The molecule has 15 heavy (non-hydrogen) atoms. The minimum atomic E-state index is 0.862. The molecule has 0 spiro atoms. The number of likely N-dealkylation sites (N-methyl/N-ethyl adjacent to an activating group) is 1. The van der Waals surface area contributed by atoms with Crippen molar-refractivity contribution in [3.8, 4) is 11.1 Å². The van der Waals surface area contributed by atoms with E-state index in [4.69, 9.17) is 4.52 Å². The first-order chi connectivity index (χ1) is 7.42. The largest absolute Gasteiger partial charge is 0.361 e. The van der Waals surface area contributed by atoms with Crippen molar-refractivity contribution in [2.45, 2.75) is 6.42 Å². The zero-order valence-electron chi connectivity index (χ0n) is 8.73. The van der Waals surface area contributed by atoms with Crippen LogP contribution in [-0.2, 0) is 6.42 Å². The predicted molar refractivity (Wildman–Crippen MR) is 59.6 cm³/mol. The maximum atomic E-state index is 5.23. The Hall–Kier alpha value is -1.61. The molecule has 2 rings (SSSR count). The third-order valence-electron chi connectivity index (χ3n) is 2.33. The quantitative estimate of drug-likeness (QED) is 0.825. The Kier molecular flexibility index (Phi) is 3.15. The van der Waals surface area contributed by atoms with Gasteiger partial charge in [-0.15, -0.1) is 0 Å². The number of nitrogens with one attached hydrogen (secondary N) is 1. The van der Waals surface area contributed by atoms with Gasteiger partial charge in [0.2, 0.25) is 0 Å². The molecule has 0 aliphatic heterocycles. The average Bonchev–Trinajstić information content (AvgIpc) is 2.75. The van der Waals surface area contributed by atoms with Crippen LogP contribution in [0, 0.1) is 0 Å². The summed E-state index contributed by atoms with van der Waals surface area (Å²) >= 11 is 0. The Bertz CT molecular complexity index is 409. The van der Waals surface area contributed by atoms with Gasteiger partial charge in [0, 0.05) is 18.5 Å². The van der Waals surface area contributed by atoms with Gasteiger partial charge in [-0.2, -0.15) is 0 Å². The predicted octanol–water partition coefficient (Wildman–Crippen LogP) is 2.10. The SMILES string of the molecule is CNCCc1oncc1-c1ccccc1. The number of hydrogen-bond donors (Lipinski definition) is 1. The lowest BCUT2D eigenvalue weighted by Gasteiger charge is -2.00. The van der Waals surface area contributed by atoms with Crippen molar-refractivity contribution in [3.05, 3.63) is 42.3 Å². The van der Waals surface area contributed by atoms with E-state index in [0.29, 0.717) is 0 Å². The van der Waals surface area contributed by atoms with Gasteiger partial charge in [0.25, 0.3) is 0 Å². The molecule has 2 aromatic rings. The normalized spacial score (nSPS) is 10.5. The van der Waals surface area contributed by atoms with Gasteiger partial charge in [-0.05, 0) is 12.6 Å². The summed E-state index contributed by atoms with van der Waals surface area (Å²) in [6, 6.07) is 10.2. The molecule has 0 radical (unpaired) electrons. The van der Waals surface area contributed by atoms with Gasteiger partial charge >= 0.3 is 0 Å². The first kappa shape index (κ1) is 9.93. The van der Waals surface area contributed by atoms with E-state index in [2.05, 4.69) is 22.6 Å². The molecule has 3 heteroatoms. The van der Waals surface area contributed by atoms with Crippen molar-refractivity contribution in [3.63, 3.8) is 0 Å². The minimum Gasteiger partial charge on any atom is -0.361 e. The molecule has 0 bridgehead atoms. The van der Waals surface area contributed by atoms with Crippen LogP contribution in [0.2, 0.25) is 0 Å². The molecule has 0 saturated heterocycles. The number of nitrogens with zero attached hydrogens (tertiary/aromatic N) is 1. The summed E-state index contributed by atoms with van der Waals surface area (Å²) in [7, 11) is 1.93. The fourth-order valence-corrected chi connectivity index (χ4v) is 1.54. The highest BCUT2D eigenvalue weighted by Gasteiger charge is 2.08. The van der Waals surface area contributed by atoms with Crippen LogP contribution in [0.4, 0.5) is 0 Å². The smallest absolute Gasteiger partial charge is 0.145 e. The second kappa shape index (κ2) is 4.75. The van der Waals surface area contributed by atoms with Gasteiger partial charge in [-0.25, -0.2) is 0 Å². The molecule has 0 fully saturated rings. The highest BCUT2D eigenvalue weighted by Crippen LogP contribution is 2.23. The maximum Gasteiger partial charge on any atom is 0.145 e. The van der Waals surface area contributed by atoms with Crippen LogP contribution >= 0.6 is 0 Å². The summed E-state index contributed by atoms with van der Waals surface area (Å²) in [6.07, 6.45) is 2.64. The monoisotopic (exact) mass is 202 g/mol. The maximum absolute atomic E-state index is 5.23. The van der Waals surface area contributed by atoms with Crippen molar-refractivity contribution >= 4 is 0 Å². The molecule has 1 aromatic carbocycles. The van der Waals surface area contributed by atoms with E-state index in [0.717, 1.165) is 29.9 Å². The van der Waals surface area contributed by atoms with Gasteiger partial charge < -0.3 is 9.84 Å². The summed E-state index contributed by atoms with van der Waals surface area (Å²) in [4.78, 5) is 0. The van der Waals surface area contributed by atoms with Crippen LogP contribution in [0.5, 0.6) is 0 Å². The number of hydrogen-bond acceptors (Lipinski definition) is 3. The Morgan fingerprint density at radius 3 is 2.80 bits per heavy atom. The number of benzene rings is 1. The third-order valence-corrected chi connectivity index (χ3v) is 2.33. The van der Waals surface area contributed by atoms with E-state index in [1.807, 2.05) is 25.2 Å². The third kappa shape index (κ3) is 2.25. The lowest BCUT2D eigenvalue weighted by Crippen LogP contribution is -2.10. The van der Waals surface area contributed by atoms with E-state index in [9.17, 15) is 0 Å². The molecule has 1 aromatic heterocycles. The Labute approximate surface area is 89.1 Å². The van der Waals surface area contributed by atoms with Crippen molar-refractivity contribution < 1.29 is 4.52 Å². The molecular weight excluding hydrogens is 188 g/mol. The van der Waals surface area contributed by atoms with Crippen molar-refractivity contribution in [1.29, 1.82) is 0 Å². The van der Waals surface area contributed by atoms with Crippen LogP contribution in [-0.4, -0.2) is 18.7 Å². The zero-order chi connectivity index (χ0) is 10.5. The summed E-state index contributed by atoms with van der Waals surface area (Å²) in [5.41, 5.74) is 2.25. The van der Waals surface area contributed by atoms with Crippen LogP contribution in [0.15, 0.2) is 41.1 Å². The van der Waals surface area contributed by atoms with Crippen molar-refractivity contribution in [1.82, 2.24) is 10.5 Å². The van der Waals surface area contributed by atoms with Gasteiger partial charge in [0.1, 0.15) is 5.76 Å². The van der Waals surface area contributed by atoms with E-state index in [-0.39, 0.29) is 0 Å². The second-order valence-electron chi connectivity index (χ2n) is 3.38. The topological polar surface area (TPSA) is 38.1 Å². The fraction of sp³-hybridized carbons (Fsp3) is 0.250. The van der Waals surface area contributed by atoms with Gasteiger partial charge in [0.05, 0.1) is 6.20 Å². The van der Waals surface area contributed by atoms with Gasteiger partial charge in [0.15, 0.2) is 0 Å². The molecule has 0 aliphatic carbocycles. The summed E-state index contributed by atoms with van der Waals surface area (Å²) < 4.78 is 5.23. The van der Waals surface area contributed by atoms with E-state index >= 15 is 0 Å². The van der Waals surface area contributed by atoms with Crippen LogP contribution in [0.3, 0.4) is 0 Å². The molecule has 3 nitrogen and oxygen atoms in total. The Balaban J connectivity index is 2.25. The molecule has 0 amide bonds. The molecule has 0 atom stereocenters. The Morgan fingerprint density at radius 2 is 2.07 bits per heavy atom. The second-order valence-corrected chi connectivity index (χ2v) is 3.38. The highest BCUT2D eigenvalue weighted by molar-refractivity contribution is 5.64. The zero-order valence-corrected chi connectivity index (χ0v) is 8.73. The van der Waals surface area contributed by atoms with Crippen LogP contribution < -0.4 is 5.32 Å². The Morgan fingerprint density at radius 1 is 1.27 bits per heavy atom. The average molecular weight is 202 g/mol. The first-order valence-electron chi connectivity index (χ1n) is 5.05. The molecule has 1 N–H and O–H groups in total. The lowest BCUT2D eigenvalue weighted by molar-refractivity contribution is 0.382. The van der Waals surface area contributed by atoms with Crippen LogP contribution in [0.1, 0.15) is 5.76 Å². The molecular formula is C12H14N2O. The van der Waals surface area contributed by atoms with E-state index in [1.165, 1.54) is 0 Å². The van der Waals surface area contributed by atoms with Crippen molar-refractivity contribution in [2.24, 2.45) is 0 Å². The molecule has 78 valence electrons. The molecule has 0 saturated carbocycles. The van der Waals surface area contributed by atoms with Gasteiger partial charge in [-0.1, -0.05) is 35.5 Å². The first-order valence-corrected chi connectivity index (χ1v) is 5.05. The fourth-order valence-electron chi connectivity index (χ4n) is 1.54. The number of rotatable bonds is 4. The number of aromatic nitrogens is 1. The molecule has 0 aliphatic rings. The molecule has 0 unspecified atom stereocenters. The summed E-state index contributed by atoms with van der Waals surface area (Å²) in [6.45, 7) is 0.898. The standard InChI is InChI=1S/C12H14N2O/c1-13-8-7-12-11(9-14-15-12)10-5-3-2-4-6-10/h2-6,9,13H,7-8H2,1H3.